The first-order valence-electron chi connectivity index (χ1n) is 10.4. The maximum atomic E-state index is 13.0. The Bertz CT molecular complexity index is 887. The standard InChI is InChI=1S/C25H28O4/c1-17-8-9-18(2)22(14-17)29-24-16-28-23-15-20(10-11-21(23)25(24)26)27-13-12-19-6-4-3-5-7-19/h3-9,14,16,20-21,23H,10-13,15H2,1-2H3. The summed E-state index contributed by atoms with van der Waals surface area (Å²) in [5, 5.41) is 0. The van der Waals surface area contributed by atoms with Crippen molar-refractivity contribution in [2.24, 2.45) is 5.92 Å². The molecule has 0 bridgehead atoms. The lowest BCUT2D eigenvalue weighted by Crippen LogP contribution is -2.42. The van der Waals surface area contributed by atoms with Crippen LogP contribution in [0.25, 0.3) is 0 Å². The Morgan fingerprint density at radius 1 is 1.07 bits per heavy atom. The number of hydrogen-bond donors (Lipinski definition) is 0. The third kappa shape index (κ3) is 4.70. The quantitative estimate of drug-likeness (QED) is 0.700. The SMILES string of the molecule is Cc1ccc(C)c(OC2=COC3CC(OCCc4ccccc4)CCC3C2=O)c1. The van der Waals surface area contributed by atoms with Gasteiger partial charge in [-0.05, 0) is 55.9 Å². The number of aryl methyl sites for hydroxylation is 2. The van der Waals surface area contributed by atoms with Gasteiger partial charge in [0.05, 0.1) is 18.6 Å². The molecule has 0 spiro atoms. The average molecular weight is 392 g/mol. The number of allylic oxidation sites excluding steroid dienone is 1. The van der Waals surface area contributed by atoms with Gasteiger partial charge in [-0.25, -0.2) is 0 Å². The Morgan fingerprint density at radius 3 is 2.72 bits per heavy atom. The molecule has 4 nitrogen and oxygen atoms in total. The van der Waals surface area contributed by atoms with E-state index < -0.39 is 0 Å². The van der Waals surface area contributed by atoms with Crippen molar-refractivity contribution >= 4 is 5.78 Å². The fourth-order valence-electron chi connectivity index (χ4n) is 4.08. The van der Waals surface area contributed by atoms with Gasteiger partial charge in [-0.3, -0.25) is 4.79 Å². The topological polar surface area (TPSA) is 44.8 Å². The van der Waals surface area contributed by atoms with Crippen molar-refractivity contribution in [3.63, 3.8) is 0 Å². The number of carbonyl (C=O) groups excluding carboxylic acids is 1. The first-order chi connectivity index (χ1) is 14.1. The lowest BCUT2D eigenvalue weighted by Gasteiger charge is -2.37. The molecule has 0 aromatic heterocycles. The fourth-order valence-corrected chi connectivity index (χ4v) is 4.08. The second-order valence-electron chi connectivity index (χ2n) is 8.04. The number of ether oxygens (including phenoxy) is 3. The van der Waals surface area contributed by atoms with Crippen LogP contribution in [-0.2, 0) is 20.7 Å². The lowest BCUT2D eigenvalue weighted by atomic mass is 9.80. The van der Waals surface area contributed by atoms with E-state index in [0.29, 0.717) is 18.1 Å². The van der Waals surface area contributed by atoms with Crippen LogP contribution in [0.4, 0.5) is 0 Å². The predicted octanol–water partition coefficient (Wildman–Crippen LogP) is 4.92. The van der Waals surface area contributed by atoms with Crippen LogP contribution in [0.5, 0.6) is 5.75 Å². The minimum Gasteiger partial charge on any atom is -0.493 e. The molecule has 2 aliphatic rings. The van der Waals surface area contributed by atoms with E-state index in [-0.39, 0.29) is 23.9 Å². The van der Waals surface area contributed by atoms with Crippen LogP contribution in [0.1, 0.15) is 36.0 Å². The Hall–Kier alpha value is -2.59. The molecule has 0 amide bonds. The van der Waals surface area contributed by atoms with Crippen molar-refractivity contribution in [3.8, 4) is 5.75 Å². The Morgan fingerprint density at radius 2 is 1.90 bits per heavy atom. The number of rotatable bonds is 6. The van der Waals surface area contributed by atoms with Gasteiger partial charge in [0.2, 0.25) is 11.5 Å². The molecule has 1 aliphatic heterocycles. The molecule has 4 heteroatoms. The summed E-state index contributed by atoms with van der Waals surface area (Å²) in [7, 11) is 0. The van der Waals surface area contributed by atoms with Crippen LogP contribution >= 0.6 is 0 Å². The van der Waals surface area contributed by atoms with Gasteiger partial charge in [0.25, 0.3) is 0 Å². The highest BCUT2D eigenvalue weighted by Gasteiger charge is 2.41. The molecular weight excluding hydrogens is 364 g/mol. The van der Waals surface area contributed by atoms with Crippen molar-refractivity contribution in [2.45, 2.75) is 51.7 Å². The predicted molar refractivity (Wildman–Crippen MR) is 112 cm³/mol. The molecule has 1 fully saturated rings. The second-order valence-corrected chi connectivity index (χ2v) is 8.04. The highest BCUT2D eigenvalue weighted by molar-refractivity contribution is 5.96. The molecule has 1 heterocycles. The zero-order chi connectivity index (χ0) is 20.2. The molecule has 4 rings (SSSR count). The van der Waals surface area contributed by atoms with Crippen molar-refractivity contribution < 1.29 is 19.0 Å². The van der Waals surface area contributed by atoms with Crippen LogP contribution in [0.2, 0.25) is 0 Å². The molecular formula is C25H28O4. The van der Waals surface area contributed by atoms with Crippen LogP contribution in [-0.4, -0.2) is 24.6 Å². The zero-order valence-electron chi connectivity index (χ0n) is 17.1. The highest BCUT2D eigenvalue weighted by Crippen LogP contribution is 2.35. The summed E-state index contributed by atoms with van der Waals surface area (Å²) in [6.45, 7) is 4.68. The molecule has 29 heavy (non-hydrogen) atoms. The van der Waals surface area contributed by atoms with E-state index in [1.54, 1.807) is 0 Å². The van der Waals surface area contributed by atoms with E-state index in [9.17, 15) is 4.79 Å². The van der Waals surface area contributed by atoms with Crippen LogP contribution in [0.15, 0.2) is 60.6 Å². The summed E-state index contributed by atoms with van der Waals surface area (Å²) in [5.41, 5.74) is 3.38. The Labute approximate surface area is 172 Å². The van der Waals surface area contributed by atoms with Gasteiger partial charge in [-0.2, -0.15) is 0 Å². The maximum absolute atomic E-state index is 13.0. The van der Waals surface area contributed by atoms with Gasteiger partial charge in [-0.1, -0.05) is 42.5 Å². The van der Waals surface area contributed by atoms with E-state index in [0.717, 1.165) is 36.8 Å². The highest BCUT2D eigenvalue weighted by atomic mass is 16.5. The molecule has 0 saturated heterocycles. The number of hydrogen-bond acceptors (Lipinski definition) is 4. The van der Waals surface area contributed by atoms with E-state index in [1.807, 2.05) is 50.2 Å². The number of carbonyl (C=O) groups is 1. The van der Waals surface area contributed by atoms with Crippen molar-refractivity contribution in [1.82, 2.24) is 0 Å². The molecule has 2 aromatic rings. The molecule has 3 unspecified atom stereocenters. The Kier molecular flexibility index (Phi) is 6.00. The van der Waals surface area contributed by atoms with Crippen molar-refractivity contribution in [3.05, 3.63) is 77.2 Å². The molecule has 0 radical (unpaired) electrons. The Balaban J connectivity index is 1.33. The van der Waals surface area contributed by atoms with Gasteiger partial charge in [-0.15, -0.1) is 0 Å². The molecule has 1 saturated carbocycles. The third-order valence-electron chi connectivity index (χ3n) is 5.82. The minimum absolute atomic E-state index is 0.0462. The normalized spacial score (nSPS) is 23.7. The first kappa shape index (κ1) is 19.7. The van der Waals surface area contributed by atoms with Gasteiger partial charge >= 0.3 is 0 Å². The lowest BCUT2D eigenvalue weighted by molar-refractivity contribution is -0.133. The first-order valence-corrected chi connectivity index (χ1v) is 10.4. The molecule has 3 atom stereocenters. The minimum atomic E-state index is -0.144. The van der Waals surface area contributed by atoms with Crippen LogP contribution in [0.3, 0.4) is 0 Å². The number of ketones is 1. The largest absolute Gasteiger partial charge is 0.493 e. The second kappa shape index (κ2) is 8.83. The zero-order valence-corrected chi connectivity index (χ0v) is 17.1. The summed E-state index contributed by atoms with van der Waals surface area (Å²) in [6.07, 6.45) is 4.82. The summed E-state index contributed by atoms with van der Waals surface area (Å²) in [6, 6.07) is 16.3. The van der Waals surface area contributed by atoms with Crippen LogP contribution in [0, 0.1) is 19.8 Å². The molecule has 0 N–H and O–H groups in total. The molecule has 2 aromatic carbocycles. The molecule has 152 valence electrons. The molecule has 1 aliphatic carbocycles. The van der Waals surface area contributed by atoms with E-state index in [2.05, 4.69) is 12.1 Å². The van der Waals surface area contributed by atoms with Crippen LogP contribution < -0.4 is 4.74 Å². The summed E-state index contributed by atoms with van der Waals surface area (Å²) in [4.78, 5) is 13.0. The summed E-state index contributed by atoms with van der Waals surface area (Å²) < 4.78 is 17.9. The monoisotopic (exact) mass is 392 g/mol. The van der Waals surface area contributed by atoms with E-state index in [1.165, 1.54) is 11.8 Å². The van der Waals surface area contributed by atoms with Gasteiger partial charge in [0.15, 0.2) is 0 Å². The van der Waals surface area contributed by atoms with Gasteiger partial charge < -0.3 is 14.2 Å². The summed E-state index contributed by atoms with van der Waals surface area (Å²) in [5.74, 6) is 0.923. The van der Waals surface area contributed by atoms with E-state index in [4.69, 9.17) is 14.2 Å². The fraction of sp³-hybridized carbons (Fsp3) is 0.400. The number of Topliss-reactive ketones (excluding diaryl/α,β-unsaturated/α-hetero) is 1. The average Bonchev–Trinajstić information content (AvgIpc) is 2.73. The number of fused-ring (bicyclic) bond motifs is 1. The smallest absolute Gasteiger partial charge is 0.207 e. The van der Waals surface area contributed by atoms with Gasteiger partial charge in [0, 0.05) is 6.42 Å². The van der Waals surface area contributed by atoms with Crippen molar-refractivity contribution in [1.29, 1.82) is 0 Å². The maximum Gasteiger partial charge on any atom is 0.207 e. The number of benzene rings is 2. The van der Waals surface area contributed by atoms with Gasteiger partial charge in [0.1, 0.15) is 18.1 Å². The van der Waals surface area contributed by atoms with Crippen molar-refractivity contribution in [2.75, 3.05) is 6.61 Å². The van der Waals surface area contributed by atoms with E-state index >= 15 is 0 Å². The third-order valence-corrected chi connectivity index (χ3v) is 5.82. The summed E-state index contributed by atoms with van der Waals surface area (Å²) >= 11 is 0.